The van der Waals surface area contributed by atoms with Crippen molar-refractivity contribution in [3.8, 4) is 11.1 Å². The Labute approximate surface area is 127 Å². The first-order chi connectivity index (χ1) is 10.2. The summed E-state index contributed by atoms with van der Waals surface area (Å²) in [6.07, 6.45) is 6.84. The van der Waals surface area contributed by atoms with Gasteiger partial charge in [-0.05, 0) is 67.0 Å². The molecule has 0 heteroatoms. The van der Waals surface area contributed by atoms with Crippen LogP contribution >= 0.6 is 0 Å². The number of hydrogen-bond acceptors (Lipinski definition) is 0. The largest absolute Gasteiger partial charge is 0.0839 e. The van der Waals surface area contributed by atoms with Gasteiger partial charge in [0, 0.05) is 0 Å². The zero-order chi connectivity index (χ0) is 14.8. The summed E-state index contributed by atoms with van der Waals surface area (Å²) in [4.78, 5) is 0. The second-order valence-corrected chi connectivity index (χ2v) is 5.95. The van der Waals surface area contributed by atoms with E-state index < -0.39 is 0 Å². The smallest absolute Gasteiger partial charge is 0.0149 e. The van der Waals surface area contributed by atoms with Crippen molar-refractivity contribution in [3.63, 3.8) is 0 Å². The number of benzene rings is 2. The van der Waals surface area contributed by atoms with Crippen molar-refractivity contribution in [2.75, 3.05) is 0 Å². The zero-order valence-electron chi connectivity index (χ0n) is 13.1. The van der Waals surface area contributed by atoms with E-state index in [1.165, 1.54) is 39.0 Å². The van der Waals surface area contributed by atoms with Crippen LogP contribution in [0.25, 0.3) is 16.7 Å². The fourth-order valence-electron chi connectivity index (χ4n) is 3.22. The van der Waals surface area contributed by atoms with E-state index in [2.05, 4.69) is 75.4 Å². The third-order valence-electron chi connectivity index (χ3n) is 4.39. The molecule has 0 N–H and O–H groups in total. The molecule has 0 aromatic heterocycles. The molecular formula is C21H22. The van der Waals surface area contributed by atoms with Gasteiger partial charge in [-0.1, -0.05) is 60.2 Å². The molecule has 0 bridgehead atoms. The topological polar surface area (TPSA) is 0 Å². The van der Waals surface area contributed by atoms with Crippen LogP contribution < -0.4 is 0 Å². The minimum Gasteiger partial charge on any atom is -0.0839 e. The average Bonchev–Trinajstić information content (AvgIpc) is 2.48. The molecule has 2 aromatic rings. The molecule has 0 unspecified atom stereocenters. The highest BCUT2D eigenvalue weighted by Crippen LogP contribution is 2.34. The average molecular weight is 274 g/mol. The summed E-state index contributed by atoms with van der Waals surface area (Å²) < 4.78 is 0. The molecule has 3 rings (SSSR count). The molecule has 0 spiro atoms. The molecule has 0 heterocycles. The van der Waals surface area contributed by atoms with Gasteiger partial charge in [0.05, 0.1) is 0 Å². The SMILES string of the molecule is CC1=C(c2cccc(-c3cccc(C)c3)c2C)CCC=C1. The lowest BCUT2D eigenvalue weighted by atomic mass is 9.86. The van der Waals surface area contributed by atoms with Gasteiger partial charge in [0.1, 0.15) is 0 Å². The van der Waals surface area contributed by atoms with Gasteiger partial charge in [-0.15, -0.1) is 0 Å². The second-order valence-electron chi connectivity index (χ2n) is 5.95. The van der Waals surface area contributed by atoms with Crippen LogP contribution in [-0.4, -0.2) is 0 Å². The fraction of sp³-hybridized carbons (Fsp3) is 0.238. The second kappa shape index (κ2) is 5.73. The minimum absolute atomic E-state index is 1.15. The third kappa shape index (κ3) is 2.71. The van der Waals surface area contributed by atoms with Crippen LogP contribution in [0.5, 0.6) is 0 Å². The molecule has 2 aromatic carbocycles. The maximum absolute atomic E-state index is 2.28. The van der Waals surface area contributed by atoms with Crippen LogP contribution in [0.4, 0.5) is 0 Å². The van der Waals surface area contributed by atoms with Gasteiger partial charge in [0.2, 0.25) is 0 Å². The summed E-state index contributed by atoms with van der Waals surface area (Å²) in [6.45, 7) is 6.64. The van der Waals surface area contributed by atoms with Crippen LogP contribution in [0.2, 0.25) is 0 Å². The Morgan fingerprint density at radius 1 is 0.857 bits per heavy atom. The lowest BCUT2D eigenvalue weighted by Gasteiger charge is -2.18. The van der Waals surface area contributed by atoms with E-state index in [1.54, 1.807) is 0 Å². The molecule has 0 amide bonds. The van der Waals surface area contributed by atoms with E-state index in [0.29, 0.717) is 0 Å². The Bertz CT molecular complexity index is 729. The molecule has 0 saturated heterocycles. The Kier molecular flexibility index (Phi) is 3.79. The highest BCUT2D eigenvalue weighted by molar-refractivity contribution is 5.80. The summed E-state index contributed by atoms with van der Waals surface area (Å²) in [6, 6.07) is 15.5. The van der Waals surface area contributed by atoms with E-state index in [4.69, 9.17) is 0 Å². The summed E-state index contributed by atoms with van der Waals surface area (Å²) in [5.74, 6) is 0. The van der Waals surface area contributed by atoms with E-state index in [-0.39, 0.29) is 0 Å². The van der Waals surface area contributed by atoms with Crippen LogP contribution in [0.3, 0.4) is 0 Å². The molecule has 0 atom stereocenters. The fourth-order valence-corrected chi connectivity index (χ4v) is 3.22. The molecular weight excluding hydrogens is 252 g/mol. The first kappa shape index (κ1) is 13.9. The molecule has 0 radical (unpaired) electrons. The van der Waals surface area contributed by atoms with Crippen LogP contribution in [-0.2, 0) is 0 Å². The number of aryl methyl sites for hydroxylation is 1. The van der Waals surface area contributed by atoms with Gasteiger partial charge in [-0.25, -0.2) is 0 Å². The highest BCUT2D eigenvalue weighted by atomic mass is 14.2. The molecule has 0 saturated carbocycles. The van der Waals surface area contributed by atoms with Crippen LogP contribution in [0.15, 0.2) is 60.2 Å². The van der Waals surface area contributed by atoms with E-state index in [1.807, 2.05) is 0 Å². The van der Waals surface area contributed by atoms with Gasteiger partial charge < -0.3 is 0 Å². The molecule has 21 heavy (non-hydrogen) atoms. The number of rotatable bonds is 2. The van der Waals surface area contributed by atoms with E-state index in [9.17, 15) is 0 Å². The van der Waals surface area contributed by atoms with Crippen molar-refractivity contribution < 1.29 is 0 Å². The Morgan fingerprint density at radius 3 is 2.38 bits per heavy atom. The molecule has 106 valence electrons. The summed E-state index contributed by atoms with van der Waals surface area (Å²) >= 11 is 0. The van der Waals surface area contributed by atoms with Crippen LogP contribution in [0.1, 0.15) is 36.5 Å². The molecule has 0 nitrogen and oxygen atoms in total. The maximum atomic E-state index is 2.28. The van der Waals surface area contributed by atoms with Gasteiger partial charge in [-0.3, -0.25) is 0 Å². The van der Waals surface area contributed by atoms with Gasteiger partial charge >= 0.3 is 0 Å². The van der Waals surface area contributed by atoms with Crippen molar-refractivity contribution in [2.45, 2.75) is 33.6 Å². The van der Waals surface area contributed by atoms with Gasteiger partial charge in [-0.2, -0.15) is 0 Å². The lowest BCUT2D eigenvalue weighted by molar-refractivity contribution is 1.03. The van der Waals surface area contributed by atoms with Crippen molar-refractivity contribution >= 4 is 5.57 Å². The Hall–Kier alpha value is -2.08. The standard InChI is InChI=1S/C21H22/c1-15-8-6-10-18(14-15)20-12-7-13-21(17(20)3)19-11-5-4-9-16(19)2/h4,6-10,12-14H,5,11H2,1-3H3. The molecule has 0 aliphatic heterocycles. The van der Waals surface area contributed by atoms with Gasteiger partial charge in [0.15, 0.2) is 0 Å². The molecule has 1 aliphatic rings. The van der Waals surface area contributed by atoms with Gasteiger partial charge in [0.25, 0.3) is 0 Å². The normalized spacial score (nSPS) is 14.6. The predicted octanol–water partition coefficient (Wildman–Crippen LogP) is 6.09. The van der Waals surface area contributed by atoms with E-state index >= 15 is 0 Å². The third-order valence-corrected chi connectivity index (χ3v) is 4.39. The van der Waals surface area contributed by atoms with Crippen molar-refractivity contribution in [1.29, 1.82) is 0 Å². The quantitative estimate of drug-likeness (QED) is 0.621. The Balaban J connectivity index is 2.14. The molecule has 0 fully saturated rings. The monoisotopic (exact) mass is 274 g/mol. The highest BCUT2D eigenvalue weighted by Gasteiger charge is 2.13. The summed E-state index contributed by atoms with van der Waals surface area (Å²) in [7, 11) is 0. The minimum atomic E-state index is 1.15. The predicted molar refractivity (Wildman–Crippen MR) is 92.3 cm³/mol. The zero-order valence-corrected chi connectivity index (χ0v) is 13.1. The maximum Gasteiger partial charge on any atom is -0.0149 e. The van der Waals surface area contributed by atoms with E-state index in [0.717, 1.165) is 12.8 Å². The first-order valence-corrected chi connectivity index (χ1v) is 7.70. The summed E-state index contributed by atoms with van der Waals surface area (Å²) in [5, 5.41) is 0. The van der Waals surface area contributed by atoms with Crippen molar-refractivity contribution in [2.24, 2.45) is 0 Å². The summed E-state index contributed by atoms with van der Waals surface area (Å²) in [5.41, 5.74) is 9.71. The van der Waals surface area contributed by atoms with Crippen LogP contribution in [0, 0.1) is 13.8 Å². The Morgan fingerprint density at radius 2 is 1.62 bits per heavy atom. The molecule has 1 aliphatic carbocycles. The number of allylic oxidation sites excluding steroid dienone is 4. The van der Waals surface area contributed by atoms with Crippen molar-refractivity contribution in [1.82, 2.24) is 0 Å². The first-order valence-electron chi connectivity index (χ1n) is 7.70. The van der Waals surface area contributed by atoms with Crippen molar-refractivity contribution in [3.05, 3.63) is 76.9 Å². The lowest BCUT2D eigenvalue weighted by Crippen LogP contribution is -1.97. The number of hydrogen-bond donors (Lipinski definition) is 0.